The number of sulfonamides is 1. The lowest BCUT2D eigenvalue weighted by molar-refractivity contribution is -0.123. The normalized spacial score (nSPS) is 12.3. The molecule has 1 atom stereocenters. The van der Waals surface area contributed by atoms with Gasteiger partial charge in [-0.15, -0.1) is 0 Å². The van der Waals surface area contributed by atoms with Gasteiger partial charge >= 0.3 is 5.97 Å². The number of halogens is 1. The largest absolute Gasteiger partial charge is 0.449 e. The SMILES string of the molecule is Cc1ccc(C)c(NC(=O)[C@@H](C)OC(=O)c2cc(S(N)(=O)=O)ccc2F)c1. The van der Waals surface area contributed by atoms with Crippen molar-refractivity contribution < 1.29 is 27.1 Å². The zero-order valence-electron chi connectivity index (χ0n) is 14.9. The van der Waals surface area contributed by atoms with Crippen LogP contribution in [0.4, 0.5) is 10.1 Å². The quantitative estimate of drug-likeness (QED) is 0.755. The Bertz CT molecular complexity index is 1000. The van der Waals surface area contributed by atoms with Gasteiger partial charge in [0.05, 0.1) is 10.5 Å². The van der Waals surface area contributed by atoms with E-state index in [4.69, 9.17) is 9.88 Å². The van der Waals surface area contributed by atoms with E-state index in [1.165, 1.54) is 6.92 Å². The van der Waals surface area contributed by atoms with Crippen molar-refractivity contribution in [2.24, 2.45) is 5.14 Å². The lowest BCUT2D eigenvalue weighted by Gasteiger charge is -2.15. The predicted octanol–water partition coefficient (Wildman–Crippen LogP) is 2.27. The van der Waals surface area contributed by atoms with Crippen LogP contribution in [-0.4, -0.2) is 26.4 Å². The Morgan fingerprint density at radius 2 is 1.81 bits per heavy atom. The first-order valence-electron chi connectivity index (χ1n) is 7.90. The van der Waals surface area contributed by atoms with Gasteiger partial charge in [-0.1, -0.05) is 12.1 Å². The minimum Gasteiger partial charge on any atom is -0.449 e. The number of nitrogens with one attached hydrogen (secondary N) is 1. The molecule has 1 amide bonds. The number of nitrogens with two attached hydrogens (primary N) is 1. The fraction of sp³-hybridized carbons (Fsp3) is 0.222. The summed E-state index contributed by atoms with van der Waals surface area (Å²) in [5, 5.41) is 7.60. The maximum atomic E-state index is 13.9. The number of rotatable bonds is 5. The van der Waals surface area contributed by atoms with E-state index in [9.17, 15) is 22.4 Å². The van der Waals surface area contributed by atoms with E-state index in [0.29, 0.717) is 5.69 Å². The highest BCUT2D eigenvalue weighted by Gasteiger charge is 2.23. The third-order valence-corrected chi connectivity index (χ3v) is 4.70. The number of hydrogen-bond donors (Lipinski definition) is 2. The standard InChI is InChI=1S/C18H19FN2O5S/c1-10-4-5-11(2)16(8-10)21-17(22)12(3)26-18(23)14-9-13(27(20,24)25)6-7-15(14)19/h4-9,12H,1-3H3,(H,21,22)(H2,20,24,25)/t12-/m1/s1. The maximum Gasteiger partial charge on any atom is 0.341 e. The molecule has 7 nitrogen and oxygen atoms in total. The van der Waals surface area contributed by atoms with Crippen LogP contribution in [0.5, 0.6) is 0 Å². The van der Waals surface area contributed by atoms with Gasteiger partial charge in [0.2, 0.25) is 10.0 Å². The van der Waals surface area contributed by atoms with Crippen LogP contribution in [0.15, 0.2) is 41.3 Å². The van der Waals surface area contributed by atoms with Gasteiger partial charge in [0.1, 0.15) is 5.82 Å². The third-order valence-electron chi connectivity index (χ3n) is 3.79. The Morgan fingerprint density at radius 1 is 1.15 bits per heavy atom. The topological polar surface area (TPSA) is 116 Å². The Kier molecular flexibility index (Phi) is 5.97. The van der Waals surface area contributed by atoms with Crippen molar-refractivity contribution >= 4 is 27.6 Å². The number of hydrogen-bond acceptors (Lipinski definition) is 5. The van der Waals surface area contributed by atoms with Gasteiger partial charge in [-0.3, -0.25) is 4.79 Å². The lowest BCUT2D eigenvalue weighted by atomic mass is 10.1. The number of esters is 1. The van der Waals surface area contributed by atoms with Crippen LogP contribution in [-0.2, 0) is 19.6 Å². The van der Waals surface area contributed by atoms with Gasteiger partial charge in [0, 0.05) is 5.69 Å². The van der Waals surface area contributed by atoms with E-state index in [2.05, 4.69) is 5.32 Å². The first kappa shape index (κ1) is 20.5. The smallest absolute Gasteiger partial charge is 0.341 e. The van der Waals surface area contributed by atoms with E-state index in [-0.39, 0.29) is 0 Å². The molecule has 0 unspecified atom stereocenters. The first-order valence-corrected chi connectivity index (χ1v) is 9.45. The predicted molar refractivity (Wildman–Crippen MR) is 97.2 cm³/mol. The fourth-order valence-corrected chi connectivity index (χ4v) is 2.76. The van der Waals surface area contributed by atoms with Crippen molar-refractivity contribution in [3.8, 4) is 0 Å². The number of carbonyl (C=O) groups excluding carboxylic acids is 2. The number of primary sulfonamides is 1. The van der Waals surface area contributed by atoms with Crippen molar-refractivity contribution in [3.05, 3.63) is 58.9 Å². The lowest BCUT2D eigenvalue weighted by Crippen LogP contribution is -2.30. The Morgan fingerprint density at radius 3 is 2.44 bits per heavy atom. The summed E-state index contributed by atoms with van der Waals surface area (Å²) in [5.74, 6) is -2.78. The van der Waals surface area contributed by atoms with Crippen molar-refractivity contribution in [1.29, 1.82) is 0 Å². The number of aryl methyl sites for hydroxylation is 2. The van der Waals surface area contributed by atoms with Crippen molar-refractivity contribution in [2.45, 2.75) is 31.8 Å². The van der Waals surface area contributed by atoms with Gasteiger partial charge in [-0.25, -0.2) is 22.7 Å². The van der Waals surface area contributed by atoms with E-state index in [1.807, 2.05) is 19.1 Å². The van der Waals surface area contributed by atoms with Crippen molar-refractivity contribution in [2.75, 3.05) is 5.32 Å². The first-order chi connectivity index (χ1) is 12.5. The Balaban J connectivity index is 2.15. The molecular weight excluding hydrogens is 375 g/mol. The van der Waals surface area contributed by atoms with Crippen LogP contribution in [0.2, 0.25) is 0 Å². The molecule has 0 heterocycles. The summed E-state index contributed by atoms with van der Waals surface area (Å²) in [6, 6.07) is 7.96. The zero-order valence-corrected chi connectivity index (χ0v) is 15.8. The average Bonchev–Trinajstić information content (AvgIpc) is 2.57. The molecule has 0 radical (unpaired) electrons. The molecule has 27 heavy (non-hydrogen) atoms. The van der Waals surface area contributed by atoms with Gasteiger partial charge in [-0.05, 0) is 56.2 Å². The van der Waals surface area contributed by atoms with E-state index in [1.54, 1.807) is 13.0 Å². The molecule has 9 heteroatoms. The van der Waals surface area contributed by atoms with E-state index in [0.717, 1.165) is 29.3 Å². The summed E-state index contributed by atoms with van der Waals surface area (Å²) in [6.45, 7) is 4.99. The summed E-state index contributed by atoms with van der Waals surface area (Å²) in [6.07, 6.45) is -1.24. The fourth-order valence-electron chi connectivity index (χ4n) is 2.22. The molecule has 0 aliphatic rings. The highest BCUT2D eigenvalue weighted by Crippen LogP contribution is 2.18. The van der Waals surface area contributed by atoms with Gasteiger partial charge in [0.25, 0.3) is 5.91 Å². The van der Waals surface area contributed by atoms with Crippen molar-refractivity contribution in [3.63, 3.8) is 0 Å². The summed E-state index contributed by atoms with van der Waals surface area (Å²) in [4.78, 5) is 24.0. The number of benzene rings is 2. The Labute approximate surface area is 156 Å². The van der Waals surface area contributed by atoms with E-state index >= 15 is 0 Å². The van der Waals surface area contributed by atoms with Crippen molar-refractivity contribution in [1.82, 2.24) is 0 Å². The second-order valence-corrected chi connectivity index (χ2v) is 7.60. The maximum absolute atomic E-state index is 13.9. The third kappa shape index (κ3) is 5.11. The number of anilines is 1. The molecule has 2 rings (SSSR count). The molecule has 0 aliphatic heterocycles. The molecule has 2 aromatic carbocycles. The van der Waals surface area contributed by atoms with E-state index < -0.39 is 44.3 Å². The van der Waals surface area contributed by atoms with Crippen LogP contribution < -0.4 is 10.5 Å². The number of carbonyl (C=O) groups is 2. The van der Waals surface area contributed by atoms with Crippen LogP contribution >= 0.6 is 0 Å². The average molecular weight is 394 g/mol. The molecule has 0 saturated heterocycles. The number of ether oxygens (including phenoxy) is 1. The molecule has 144 valence electrons. The summed E-state index contributed by atoms with van der Waals surface area (Å²) in [5.41, 5.74) is 1.68. The second-order valence-electron chi connectivity index (χ2n) is 6.04. The van der Waals surface area contributed by atoms with Crippen LogP contribution in [0, 0.1) is 19.7 Å². The summed E-state index contributed by atoms with van der Waals surface area (Å²) >= 11 is 0. The highest BCUT2D eigenvalue weighted by atomic mass is 32.2. The van der Waals surface area contributed by atoms with Gasteiger partial charge in [0.15, 0.2) is 6.10 Å². The van der Waals surface area contributed by atoms with Crippen LogP contribution in [0.25, 0.3) is 0 Å². The van der Waals surface area contributed by atoms with Gasteiger partial charge < -0.3 is 10.1 Å². The highest BCUT2D eigenvalue weighted by molar-refractivity contribution is 7.89. The van der Waals surface area contributed by atoms with Crippen LogP contribution in [0.3, 0.4) is 0 Å². The second kappa shape index (κ2) is 7.85. The molecule has 0 bridgehead atoms. The minimum atomic E-state index is -4.12. The zero-order chi connectivity index (χ0) is 20.4. The van der Waals surface area contributed by atoms with Crippen LogP contribution in [0.1, 0.15) is 28.4 Å². The minimum absolute atomic E-state index is 0.441. The molecule has 0 aliphatic carbocycles. The molecule has 0 spiro atoms. The Hall–Kier alpha value is -2.78. The van der Waals surface area contributed by atoms with Gasteiger partial charge in [-0.2, -0.15) is 0 Å². The molecule has 0 aromatic heterocycles. The summed E-state index contributed by atoms with van der Waals surface area (Å²) < 4.78 is 41.5. The molecule has 3 N–H and O–H groups in total. The molecular formula is C18H19FN2O5S. The summed E-state index contributed by atoms with van der Waals surface area (Å²) in [7, 11) is -4.12. The number of amides is 1. The monoisotopic (exact) mass is 394 g/mol. The molecule has 0 saturated carbocycles. The molecule has 2 aromatic rings. The molecule has 0 fully saturated rings.